The van der Waals surface area contributed by atoms with E-state index >= 15 is 0 Å². The Kier molecular flexibility index (Phi) is 4.17. The van der Waals surface area contributed by atoms with E-state index < -0.39 is 0 Å². The Morgan fingerprint density at radius 1 is 1.25 bits per heavy atom. The molecule has 0 aromatic heterocycles. The molecular weight excluding hydrogens is 204 g/mol. The monoisotopic (exact) mass is 216 g/mol. The number of ether oxygens (including phenoxy) is 1. The minimum Gasteiger partial charge on any atom is -0.507 e. The molecule has 0 radical (unpaired) electrons. The molecular formula is C12H12N2O2. The smallest absolute Gasteiger partial charge is 0.138 e. The van der Waals surface area contributed by atoms with Gasteiger partial charge in [-0.1, -0.05) is 13.3 Å². The van der Waals surface area contributed by atoms with Gasteiger partial charge in [-0.15, -0.1) is 0 Å². The second-order valence-corrected chi connectivity index (χ2v) is 3.26. The molecule has 1 rings (SSSR count). The largest absolute Gasteiger partial charge is 0.507 e. The minimum atomic E-state index is -0.193. The molecule has 0 aliphatic rings. The van der Waals surface area contributed by atoms with E-state index in [4.69, 9.17) is 15.3 Å². The molecule has 1 aromatic carbocycles. The first kappa shape index (κ1) is 11.9. The zero-order chi connectivity index (χ0) is 12.0. The van der Waals surface area contributed by atoms with Crippen LogP contribution in [-0.4, -0.2) is 11.7 Å². The number of phenols is 1. The molecule has 0 saturated heterocycles. The molecule has 0 fully saturated rings. The standard InChI is InChI=1S/C12H12N2O2/c1-2-3-6-16-12-5-4-11(15)9(7-13)10(12)8-14/h4-5,15H,2-3,6H2,1H3. The lowest BCUT2D eigenvalue weighted by atomic mass is 10.1. The normalized spacial score (nSPS) is 9.19. The molecule has 4 nitrogen and oxygen atoms in total. The van der Waals surface area contributed by atoms with E-state index in [1.165, 1.54) is 12.1 Å². The summed E-state index contributed by atoms with van der Waals surface area (Å²) in [6.45, 7) is 2.53. The molecule has 0 aliphatic carbocycles. The van der Waals surface area contributed by atoms with Gasteiger partial charge in [-0.3, -0.25) is 0 Å². The van der Waals surface area contributed by atoms with Crippen molar-refractivity contribution in [1.29, 1.82) is 10.5 Å². The van der Waals surface area contributed by atoms with Crippen molar-refractivity contribution in [3.8, 4) is 23.6 Å². The van der Waals surface area contributed by atoms with Crippen LogP contribution in [0.2, 0.25) is 0 Å². The zero-order valence-corrected chi connectivity index (χ0v) is 9.03. The van der Waals surface area contributed by atoms with Gasteiger partial charge in [0.1, 0.15) is 34.8 Å². The predicted molar refractivity (Wildman–Crippen MR) is 57.9 cm³/mol. The van der Waals surface area contributed by atoms with Gasteiger partial charge < -0.3 is 9.84 Å². The third kappa shape index (κ3) is 2.43. The molecule has 0 bridgehead atoms. The van der Waals surface area contributed by atoms with E-state index in [0.717, 1.165) is 12.8 Å². The summed E-state index contributed by atoms with van der Waals surface area (Å²) in [7, 11) is 0. The van der Waals surface area contributed by atoms with Gasteiger partial charge in [0.05, 0.1) is 6.61 Å². The van der Waals surface area contributed by atoms with Crippen LogP contribution in [0.1, 0.15) is 30.9 Å². The number of nitrogens with zero attached hydrogens (tertiary/aromatic N) is 2. The van der Waals surface area contributed by atoms with Crippen molar-refractivity contribution in [2.24, 2.45) is 0 Å². The van der Waals surface area contributed by atoms with Crippen molar-refractivity contribution in [2.75, 3.05) is 6.61 Å². The molecule has 0 saturated carbocycles. The molecule has 0 atom stereocenters. The van der Waals surface area contributed by atoms with Crippen LogP contribution in [0.25, 0.3) is 0 Å². The Bertz CT molecular complexity index is 455. The van der Waals surface area contributed by atoms with Crippen LogP contribution in [0.4, 0.5) is 0 Å². The van der Waals surface area contributed by atoms with Gasteiger partial charge in [0.15, 0.2) is 0 Å². The Labute approximate surface area is 94.3 Å². The summed E-state index contributed by atoms with van der Waals surface area (Å²) in [6.07, 6.45) is 1.87. The van der Waals surface area contributed by atoms with Crippen molar-refractivity contribution in [3.63, 3.8) is 0 Å². The Morgan fingerprint density at radius 3 is 2.50 bits per heavy atom. The van der Waals surface area contributed by atoms with E-state index in [9.17, 15) is 5.11 Å². The lowest BCUT2D eigenvalue weighted by molar-refractivity contribution is 0.308. The summed E-state index contributed by atoms with van der Waals surface area (Å²) in [4.78, 5) is 0. The Morgan fingerprint density at radius 2 is 1.94 bits per heavy atom. The highest BCUT2D eigenvalue weighted by atomic mass is 16.5. The molecule has 0 unspecified atom stereocenters. The quantitative estimate of drug-likeness (QED) is 0.783. The van der Waals surface area contributed by atoms with Crippen LogP contribution < -0.4 is 4.74 Å². The van der Waals surface area contributed by atoms with Crippen molar-refractivity contribution in [1.82, 2.24) is 0 Å². The summed E-state index contributed by atoms with van der Waals surface area (Å²) < 4.78 is 5.38. The number of benzene rings is 1. The third-order valence-electron chi connectivity index (χ3n) is 2.12. The highest BCUT2D eigenvalue weighted by Gasteiger charge is 2.13. The van der Waals surface area contributed by atoms with Crippen molar-refractivity contribution in [3.05, 3.63) is 23.3 Å². The van der Waals surface area contributed by atoms with E-state index in [1.807, 2.05) is 13.0 Å². The number of aromatic hydroxyl groups is 1. The molecule has 82 valence electrons. The van der Waals surface area contributed by atoms with Gasteiger partial charge in [-0.2, -0.15) is 10.5 Å². The number of unbranched alkanes of at least 4 members (excludes halogenated alkanes) is 1. The van der Waals surface area contributed by atoms with Crippen LogP contribution in [-0.2, 0) is 0 Å². The molecule has 4 heteroatoms. The molecule has 0 spiro atoms. The highest BCUT2D eigenvalue weighted by Crippen LogP contribution is 2.28. The van der Waals surface area contributed by atoms with Crippen molar-refractivity contribution in [2.45, 2.75) is 19.8 Å². The van der Waals surface area contributed by atoms with E-state index in [1.54, 1.807) is 6.07 Å². The van der Waals surface area contributed by atoms with Gasteiger partial charge in [0.25, 0.3) is 0 Å². The maximum Gasteiger partial charge on any atom is 0.138 e. The van der Waals surface area contributed by atoms with Gasteiger partial charge in [0.2, 0.25) is 0 Å². The maximum atomic E-state index is 9.39. The number of rotatable bonds is 4. The second kappa shape index (κ2) is 5.63. The summed E-state index contributed by atoms with van der Waals surface area (Å²) in [5.41, 5.74) is 0.0649. The topological polar surface area (TPSA) is 77.0 Å². The third-order valence-corrected chi connectivity index (χ3v) is 2.12. The fraction of sp³-hybridized carbons (Fsp3) is 0.333. The summed E-state index contributed by atoms with van der Waals surface area (Å²) in [6, 6.07) is 6.53. The summed E-state index contributed by atoms with van der Waals surface area (Å²) >= 11 is 0. The average Bonchev–Trinajstić information content (AvgIpc) is 2.30. The van der Waals surface area contributed by atoms with Crippen molar-refractivity contribution < 1.29 is 9.84 Å². The van der Waals surface area contributed by atoms with Crippen LogP contribution >= 0.6 is 0 Å². The predicted octanol–water partition coefficient (Wildman–Crippen LogP) is 2.31. The highest BCUT2D eigenvalue weighted by molar-refractivity contribution is 5.59. The fourth-order valence-electron chi connectivity index (χ4n) is 1.24. The number of phenolic OH excluding ortho intramolecular Hbond substituents is 1. The zero-order valence-electron chi connectivity index (χ0n) is 9.03. The molecule has 0 aliphatic heterocycles. The molecule has 16 heavy (non-hydrogen) atoms. The van der Waals surface area contributed by atoms with Gasteiger partial charge in [0, 0.05) is 0 Å². The van der Waals surface area contributed by atoms with Gasteiger partial charge in [-0.05, 0) is 18.6 Å². The van der Waals surface area contributed by atoms with Crippen LogP contribution in [0.15, 0.2) is 12.1 Å². The second-order valence-electron chi connectivity index (χ2n) is 3.26. The average molecular weight is 216 g/mol. The van der Waals surface area contributed by atoms with Crippen LogP contribution in [0.5, 0.6) is 11.5 Å². The minimum absolute atomic E-state index is 0.0310. The molecule has 1 aromatic rings. The van der Waals surface area contributed by atoms with E-state index in [2.05, 4.69) is 0 Å². The summed E-state index contributed by atoms with van der Waals surface area (Å²) in [5, 5.41) is 27.1. The SMILES string of the molecule is CCCCOc1ccc(O)c(C#N)c1C#N. The number of hydrogen-bond donors (Lipinski definition) is 1. The van der Waals surface area contributed by atoms with Gasteiger partial charge in [-0.25, -0.2) is 0 Å². The maximum absolute atomic E-state index is 9.39. The Balaban J connectivity index is 3.03. The lowest BCUT2D eigenvalue weighted by Crippen LogP contribution is -1.99. The first-order chi connectivity index (χ1) is 7.74. The first-order valence-corrected chi connectivity index (χ1v) is 5.03. The summed E-state index contributed by atoms with van der Waals surface area (Å²) in [5.74, 6) is 0.159. The number of hydrogen-bond acceptors (Lipinski definition) is 4. The molecule has 1 N–H and O–H groups in total. The van der Waals surface area contributed by atoms with E-state index in [-0.39, 0.29) is 16.9 Å². The van der Waals surface area contributed by atoms with Gasteiger partial charge >= 0.3 is 0 Å². The number of nitriles is 2. The fourth-order valence-corrected chi connectivity index (χ4v) is 1.24. The van der Waals surface area contributed by atoms with Crippen LogP contribution in [0.3, 0.4) is 0 Å². The van der Waals surface area contributed by atoms with Crippen LogP contribution in [0, 0.1) is 22.7 Å². The molecule has 0 heterocycles. The van der Waals surface area contributed by atoms with E-state index in [0.29, 0.717) is 12.4 Å². The lowest BCUT2D eigenvalue weighted by Gasteiger charge is -2.08. The Hall–Kier alpha value is -2.20. The van der Waals surface area contributed by atoms with Crippen molar-refractivity contribution >= 4 is 0 Å². The first-order valence-electron chi connectivity index (χ1n) is 5.03. The molecule has 0 amide bonds.